The molecule has 2 rings (SSSR count). The monoisotopic (exact) mass is 264 g/mol. The summed E-state index contributed by atoms with van der Waals surface area (Å²) in [7, 11) is 0. The third-order valence-electron chi connectivity index (χ3n) is 3.11. The van der Waals surface area contributed by atoms with E-state index in [1.807, 2.05) is 31.2 Å². The highest BCUT2D eigenvalue weighted by atomic mass is 16.8. The van der Waals surface area contributed by atoms with Crippen molar-refractivity contribution in [3.8, 4) is 0 Å². The van der Waals surface area contributed by atoms with Gasteiger partial charge in [0.2, 0.25) is 0 Å². The Labute approximate surface area is 113 Å². The van der Waals surface area contributed by atoms with E-state index in [0.29, 0.717) is 6.61 Å². The van der Waals surface area contributed by atoms with Gasteiger partial charge in [-0.3, -0.25) is 0 Å². The van der Waals surface area contributed by atoms with E-state index < -0.39 is 18.0 Å². The minimum atomic E-state index is -0.787. The molecule has 19 heavy (non-hydrogen) atoms. The van der Waals surface area contributed by atoms with Crippen molar-refractivity contribution in [1.82, 2.24) is 0 Å². The molecule has 0 saturated carbocycles. The fourth-order valence-corrected chi connectivity index (χ4v) is 2.29. The van der Waals surface area contributed by atoms with Crippen LogP contribution < -0.4 is 0 Å². The first-order valence-corrected chi connectivity index (χ1v) is 6.52. The van der Waals surface area contributed by atoms with Crippen LogP contribution >= 0.6 is 0 Å². The highest BCUT2D eigenvalue weighted by Crippen LogP contribution is 2.39. The van der Waals surface area contributed by atoms with Crippen molar-refractivity contribution in [3.63, 3.8) is 0 Å². The molecular weight excluding hydrogens is 244 g/mol. The summed E-state index contributed by atoms with van der Waals surface area (Å²) in [5.41, 5.74) is 2.04. The molecule has 1 aromatic carbocycles. The molecule has 2 unspecified atom stereocenters. The Morgan fingerprint density at radius 1 is 1.32 bits per heavy atom. The van der Waals surface area contributed by atoms with Crippen molar-refractivity contribution in [2.24, 2.45) is 0 Å². The number of rotatable bonds is 3. The van der Waals surface area contributed by atoms with E-state index in [-0.39, 0.29) is 5.97 Å². The average molecular weight is 264 g/mol. The van der Waals surface area contributed by atoms with Crippen molar-refractivity contribution in [2.45, 2.75) is 45.7 Å². The van der Waals surface area contributed by atoms with Crippen LogP contribution in [0.2, 0.25) is 0 Å². The van der Waals surface area contributed by atoms with Gasteiger partial charge in [-0.25, -0.2) is 4.79 Å². The Morgan fingerprint density at radius 2 is 2.00 bits per heavy atom. The van der Waals surface area contributed by atoms with Gasteiger partial charge in [-0.15, -0.1) is 0 Å². The van der Waals surface area contributed by atoms with E-state index in [1.165, 1.54) is 0 Å². The third-order valence-corrected chi connectivity index (χ3v) is 3.11. The number of esters is 1. The molecule has 0 aromatic heterocycles. The van der Waals surface area contributed by atoms with Gasteiger partial charge in [0, 0.05) is 0 Å². The zero-order chi connectivity index (χ0) is 14.0. The van der Waals surface area contributed by atoms with Gasteiger partial charge in [0.1, 0.15) is 6.10 Å². The second-order valence-electron chi connectivity index (χ2n) is 5.09. The molecule has 0 N–H and O–H groups in total. The molecule has 4 heteroatoms. The number of hydrogen-bond acceptors (Lipinski definition) is 4. The number of aryl methyl sites for hydroxylation is 1. The fraction of sp³-hybridized carbons (Fsp3) is 0.533. The molecule has 1 fully saturated rings. The van der Waals surface area contributed by atoms with Gasteiger partial charge in [0.25, 0.3) is 0 Å². The first kappa shape index (κ1) is 14.0. The van der Waals surface area contributed by atoms with E-state index in [2.05, 4.69) is 0 Å². The molecule has 1 heterocycles. The Hall–Kier alpha value is -1.39. The number of ether oxygens (including phenoxy) is 3. The quantitative estimate of drug-likeness (QED) is 0.787. The van der Waals surface area contributed by atoms with Gasteiger partial charge in [-0.05, 0) is 38.8 Å². The molecular formula is C15H20O4. The standard InChI is InChI=1S/C15H20O4/c1-5-17-14(16)13-12(18-15(3,4)19-13)11-9-7-6-8-10(11)2/h6-9,12-13H,5H2,1-4H3. The summed E-state index contributed by atoms with van der Waals surface area (Å²) in [6.45, 7) is 7.71. The Kier molecular flexibility index (Phi) is 3.92. The summed E-state index contributed by atoms with van der Waals surface area (Å²) in [6, 6.07) is 7.83. The van der Waals surface area contributed by atoms with E-state index in [0.717, 1.165) is 11.1 Å². The minimum absolute atomic E-state index is 0.333. The fourth-order valence-electron chi connectivity index (χ4n) is 2.29. The Balaban J connectivity index is 2.31. The molecule has 104 valence electrons. The van der Waals surface area contributed by atoms with E-state index in [1.54, 1.807) is 20.8 Å². The topological polar surface area (TPSA) is 44.8 Å². The van der Waals surface area contributed by atoms with E-state index in [4.69, 9.17) is 14.2 Å². The van der Waals surface area contributed by atoms with Crippen molar-refractivity contribution in [3.05, 3.63) is 35.4 Å². The van der Waals surface area contributed by atoms with Crippen LogP contribution in [0.1, 0.15) is 38.0 Å². The summed E-state index contributed by atoms with van der Waals surface area (Å²) >= 11 is 0. The Bertz CT molecular complexity index is 467. The molecule has 1 aliphatic rings. The summed E-state index contributed by atoms with van der Waals surface area (Å²) in [5, 5.41) is 0. The maximum absolute atomic E-state index is 12.0. The SMILES string of the molecule is CCOC(=O)C1OC(C)(C)OC1c1ccccc1C. The third kappa shape index (κ3) is 2.96. The summed E-state index contributed by atoms with van der Waals surface area (Å²) in [4.78, 5) is 12.0. The summed E-state index contributed by atoms with van der Waals surface area (Å²) in [5.74, 6) is -1.16. The number of carbonyl (C=O) groups is 1. The van der Waals surface area contributed by atoms with Crippen LogP contribution in [0.5, 0.6) is 0 Å². The van der Waals surface area contributed by atoms with Crippen LogP contribution in [0.3, 0.4) is 0 Å². The van der Waals surface area contributed by atoms with Gasteiger partial charge in [-0.1, -0.05) is 24.3 Å². The zero-order valence-electron chi connectivity index (χ0n) is 11.8. The largest absolute Gasteiger partial charge is 0.464 e. The van der Waals surface area contributed by atoms with Crippen LogP contribution in [-0.4, -0.2) is 24.5 Å². The van der Waals surface area contributed by atoms with Gasteiger partial charge >= 0.3 is 5.97 Å². The molecule has 1 aromatic rings. The molecule has 2 atom stereocenters. The maximum Gasteiger partial charge on any atom is 0.338 e. The molecule has 0 amide bonds. The van der Waals surface area contributed by atoms with Gasteiger partial charge < -0.3 is 14.2 Å². The summed E-state index contributed by atoms with van der Waals surface area (Å²) in [6.07, 6.45) is -1.13. The second-order valence-corrected chi connectivity index (χ2v) is 5.09. The van der Waals surface area contributed by atoms with Crippen LogP contribution in [-0.2, 0) is 19.0 Å². The highest BCUT2D eigenvalue weighted by molar-refractivity contribution is 5.76. The summed E-state index contributed by atoms with van der Waals surface area (Å²) < 4.78 is 16.6. The predicted molar refractivity (Wildman–Crippen MR) is 70.6 cm³/mol. The predicted octanol–water partition coefficient (Wildman–Crippen LogP) is 2.75. The van der Waals surface area contributed by atoms with E-state index >= 15 is 0 Å². The van der Waals surface area contributed by atoms with Gasteiger partial charge in [-0.2, -0.15) is 0 Å². The lowest BCUT2D eigenvalue weighted by Crippen LogP contribution is -2.30. The van der Waals surface area contributed by atoms with Crippen molar-refractivity contribution < 1.29 is 19.0 Å². The first-order valence-electron chi connectivity index (χ1n) is 6.52. The number of hydrogen-bond donors (Lipinski definition) is 0. The smallest absolute Gasteiger partial charge is 0.338 e. The van der Waals surface area contributed by atoms with Crippen LogP contribution in [0.4, 0.5) is 0 Å². The molecule has 4 nitrogen and oxygen atoms in total. The molecule has 0 bridgehead atoms. The Morgan fingerprint density at radius 3 is 2.63 bits per heavy atom. The van der Waals surface area contributed by atoms with Crippen LogP contribution in [0.15, 0.2) is 24.3 Å². The molecule has 0 radical (unpaired) electrons. The van der Waals surface area contributed by atoms with Gasteiger partial charge in [0.15, 0.2) is 11.9 Å². The lowest BCUT2D eigenvalue weighted by molar-refractivity contribution is -0.170. The zero-order valence-corrected chi connectivity index (χ0v) is 11.8. The lowest BCUT2D eigenvalue weighted by atomic mass is 10.00. The molecule has 0 spiro atoms. The van der Waals surface area contributed by atoms with Crippen molar-refractivity contribution in [1.29, 1.82) is 0 Å². The lowest BCUT2D eigenvalue weighted by Gasteiger charge is -2.18. The van der Waals surface area contributed by atoms with Crippen molar-refractivity contribution in [2.75, 3.05) is 6.61 Å². The van der Waals surface area contributed by atoms with Crippen LogP contribution in [0, 0.1) is 6.92 Å². The minimum Gasteiger partial charge on any atom is -0.464 e. The van der Waals surface area contributed by atoms with E-state index in [9.17, 15) is 4.79 Å². The molecule has 0 aliphatic carbocycles. The highest BCUT2D eigenvalue weighted by Gasteiger charge is 2.47. The molecule has 1 saturated heterocycles. The average Bonchev–Trinajstić information content (AvgIpc) is 2.66. The van der Waals surface area contributed by atoms with Crippen LogP contribution in [0.25, 0.3) is 0 Å². The normalized spacial score (nSPS) is 25.3. The number of carbonyl (C=O) groups excluding carboxylic acids is 1. The second kappa shape index (κ2) is 5.31. The van der Waals surface area contributed by atoms with Crippen molar-refractivity contribution >= 4 is 5.97 Å². The van der Waals surface area contributed by atoms with Gasteiger partial charge in [0.05, 0.1) is 6.61 Å². The number of benzene rings is 1. The maximum atomic E-state index is 12.0. The molecule has 1 aliphatic heterocycles. The first-order chi connectivity index (χ1) is 8.94.